The largest absolute Gasteiger partial charge is 0.336 e. The van der Waals surface area contributed by atoms with Crippen molar-refractivity contribution in [2.75, 3.05) is 25.0 Å². The molecule has 1 saturated heterocycles. The van der Waals surface area contributed by atoms with Crippen LogP contribution >= 0.6 is 0 Å². The number of anilines is 1. The quantitative estimate of drug-likeness (QED) is 0.445. The van der Waals surface area contributed by atoms with Gasteiger partial charge in [0.15, 0.2) is 0 Å². The van der Waals surface area contributed by atoms with Crippen molar-refractivity contribution in [3.05, 3.63) is 59.3 Å². The predicted molar refractivity (Wildman–Crippen MR) is 156 cm³/mol. The summed E-state index contributed by atoms with van der Waals surface area (Å²) in [4.78, 5) is 44.5. The van der Waals surface area contributed by atoms with E-state index >= 15 is 0 Å². The number of benzene rings is 2. The Bertz CT molecular complexity index is 1550. The third-order valence-electron chi connectivity index (χ3n) is 9.57. The number of aromatic nitrogens is 2. The number of aromatic amines is 1. The summed E-state index contributed by atoms with van der Waals surface area (Å²) < 4.78 is 0. The van der Waals surface area contributed by atoms with Gasteiger partial charge in [0.05, 0.1) is 11.7 Å². The van der Waals surface area contributed by atoms with Crippen LogP contribution < -0.4 is 10.6 Å². The van der Waals surface area contributed by atoms with Gasteiger partial charge >= 0.3 is 6.03 Å². The van der Waals surface area contributed by atoms with E-state index in [0.717, 1.165) is 47.0 Å². The van der Waals surface area contributed by atoms with Gasteiger partial charge in [-0.1, -0.05) is 45.0 Å². The first-order valence-electron chi connectivity index (χ1n) is 14.8. The van der Waals surface area contributed by atoms with E-state index in [1.54, 1.807) is 0 Å². The second-order valence-electron chi connectivity index (χ2n) is 13.6. The number of fused-ring (bicyclic) bond motifs is 6. The van der Waals surface area contributed by atoms with Crippen LogP contribution in [0.4, 0.5) is 10.5 Å². The fraction of sp³-hybridized carbons (Fsp3) is 0.500. The lowest BCUT2D eigenvalue weighted by molar-refractivity contribution is -0.136. The molecule has 0 bridgehead atoms. The molecule has 2 fully saturated rings. The van der Waals surface area contributed by atoms with Crippen molar-refractivity contribution in [2.24, 2.45) is 17.3 Å². The molecule has 0 spiro atoms. The summed E-state index contributed by atoms with van der Waals surface area (Å²) in [7, 11) is 0. The number of nitrogens with one attached hydrogen (secondary N) is 3. The minimum atomic E-state index is -0.922. The number of carbonyl (C=O) groups excluding carboxylic acids is 3. The minimum Gasteiger partial charge on any atom is -0.336 e. The number of likely N-dealkylation sites (tertiary alicyclic amines) is 1. The molecule has 4 amide bonds. The molecule has 3 N–H and O–H groups in total. The lowest BCUT2D eigenvalue weighted by Gasteiger charge is -2.38. The number of nitrogens with zero attached hydrogens (tertiary/aromatic N) is 3. The second-order valence-corrected chi connectivity index (χ2v) is 13.6. The maximum absolute atomic E-state index is 14.2. The highest BCUT2D eigenvalue weighted by Gasteiger charge is 2.65. The third kappa shape index (κ3) is 4.46. The number of para-hydroxylation sites is 1. The van der Waals surface area contributed by atoms with E-state index in [2.05, 4.69) is 53.7 Å². The van der Waals surface area contributed by atoms with Crippen molar-refractivity contribution in [1.82, 2.24) is 25.3 Å². The van der Waals surface area contributed by atoms with Gasteiger partial charge in [-0.2, -0.15) is 5.10 Å². The minimum absolute atomic E-state index is 0.00560. The second kappa shape index (κ2) is 9.33. The molecular weight excluding hydrogens is 516 g/mol. The monoisotopic (exact) mass is 554 g/mol. The molecule has 1 aliphatic carbocycles. The summed E-state index contributed by atoms with van der Waals surface area (Å²) in [5.41, 5.74) is 4.29. The zero-order valence-corrected chi connectivity index (χ0v) is 24.0. The Hall–Kier alpha value is -3.88. The number of hydrogen-bond donors (Lipinski definition) is 3. The van der Waals surface area contributed by atoms with Crippen LogP contribution in [0.15, 0.2) is 42.6 Å². The van der Waals surface area contributed by atoms with Crippen molar-refractivity contribution >= 4 is 34.4 Å². The summed E-state index contributed by atoms with van der Waals surface area (Å²) in [5, 5.41) is 14.7. The Morgan fingerprint density at radius 1 is 1.12 bits per heavy atom. The first-order chi connectivity index (χ1) is 19.6. The van der Waals surface area contributed by atoms with Gasteiger partial charge in [0, 0.05) is 49.1 Å². The van der Waals surface area contributed by atoms with E-state index in [-0.39, 0.29) is 41.0 Å². The molecule has 2 aromatic carbocycles. The van der Waals surface area contributed by atoms with Gasteiger partial charge < -0.3 is 20.4 Å². The van der Waals surface area contributed by atoms with Gasteiger partial charge in [0.2, 0.25) is 11.8 Å². The van der Waals surface area contributed by atoms with Gasteiger partial charge in [0.25, 0.3) is 0 Å². The van der Waals surface area contributed by atoms with E-state index in [9.17, 15) is 14.4 Å². The van der Waals surface area contributed by atoms with E-state index in [4.69, 9.17) is 0 Å². The van der Waals surface area contributed by atoms with Crippen LogP contribution in [0, 0.1) is 17.3 Å². The maximum Gasteiger partial charge on any atom is 0.318 e. The van der Waals surface area contributed by atoms with Crippen LogP contribution in [-0.2, 0) is 22.6 Å². The first-order valence-corrected chi connectivity index (χ1v) is 14.8. The predicted octanol–water partition coefficient (Wildman–Crippen LogP) is 4.41. The maximum atomic E-state index is 14.2. The molecule has 0 radical (unpaired) electrons. The van der Waals surface area contributed by atoms with Crippen LogP contribution in [-0.4, -0.2) is 63.0 Å². The van der Waals surface area contributed by atoms with E-state index < -0.39 is 5.54 Å². The van der Waals surface area contributed by atoms with Gasteiger partial charge in [-0.15, -0.1) is 0 Å². The molecule has 9 nitrogen and oxygen atoms in total. The van der Waals surface area contributed by atoms with Gasteiger partial charge in [-0.25, -0.2) is 4.79 Å². The van der Waals surface area contributed by atoms with Crippen LogP contribution in [0.5, 0.6) is 0 Å². The molecule has 1 aromatic heterocycles. The Kier molecular flexibility index (Phi) is 5.92. The van der Waals surface area contributed by atoms with E-state index in [0.29, 0.717) is 32.6 Å². The summed E-state index contributed by atoms with van der Waals surface area (Å²) in [6, 6.07) is 11.9. The van der Waals surface area contributed by atoms with Gasteiger partial charge in [-0.05, 0) is 65.8 Å². The molecule has 4 heterocycles. The van der Waals surface area contributed by atoms with Crippen LogP contribution in [0.2, 0.25) is 0 Å². The Morgan fingerprint density at radius 3 is 2.68 bits per heavy atom. The summed E-state index contributed by atoms with van der Waals surface area (Å²) in [6.45, 7) is 8.67. The van der Waals surface area contributed by atoms with Gasteiger partial charge in [-0.3, -0.25) is 14.7 Å². The van der Waals surface area contributed by atoms with Crippen LogP contribution in [0.3, 0.4) is 0 Å². The normalized spacial score (nSPS) is 26.1. The fourth-order valence-corrected chi connectivity index (χ4v) is 7.44. The smallest absolute Gasteiger partial charge is 0.318 e. The standard InChI is InChI=1S/C32H38N6O3/c1-31(2,3)18-38-17-24-21(8-9-27-23(24)16-33-36-27)25-15-32(25,29(38)40)35-30(41)37-12-10-19(11-13-37)22-14-20-6-4-5-7-26(20)34-28(22)39/h4-9,16,19,22,25H,10-15,17-18H2,1-3H3,(H,33,36)(H,34,39)(H,35,41)/t22?,25-,32?/m1/s1. The highest BCUT2D eigenvalue weighted by atomic mass is 16.2. The number of H-pyrrole nitrogens is 1. The van der Waals surface area contributed by atoms with E-state index in [1.807, 2.05) is 40.3 Å². The third-order valence-corrected chi connectivity index (χ3v) is 9.57. The number of piperidine rings is 1. The zero-order chi connectivity index (χ0) is 28.5. The molecule has 7 rings (SSSR count). The lowest BCUT2D eigenvalue weighted by Crippen LogP contribution is -2.56. The average Bonchev–Trinajstić information content (AvgIpc) is 3.47. The summed E-state index contributed by atoms with van der Waals surface area (Å²) >= 11 is 0. The Labute approximate surface area is 240 Å². The Morgan fingerprint density at radius 2 is 1.90 bits per heavy atom. The van der Waals surface area contributed by atoms with Crippen molar-refractivity contribution in [3.8, 4) is 0 Å². The fourth-order valence-electron chi connectivity index (χ4n) is 7.44. The first kappa shape index (κ1) is 26.0. The summed E-state index contributed by atoms with van der Waals surface area (Å²) in [5.74, 6) is 0.185. The highest BCUT2D eigenvalue weighted by molar-refractivity contribution is 5.98. The molecule has 3 aliphatic heterocycles. The molecule has 2 unspecified atom stereocenters. The molecule has 3 atom stereocenters. The topological polar surface area (TPSA) is 110 Å². The van der Waals surface area contributed by atoms with Crippen molar-refractivity contribution in [1.29, 1.82) is 0 Å². The number of urea groups is 1. The molecule has 3 aromatic rings. The molecule has 1 saturated carbocycles. The molecule has 4 aliphatic rings. The van der Waals surface area contributed by atoms with Crippen molar-refractivity contribution in [3.63, 3.8) is 0 Å². The zero-order valence-electron chi connectivity index (χ0n) is 24.0. The SMILES string of the molecule is CC(C)(C)CN1Cc2c(ccc3[nH]ncc23)[C@H]2CC2(NC(=O)N2CCC(C3Cc4ccccc4NC3=O)CC2)C1=O. The molecule has 214 valence electrons. The number of rotatable bonds is 3. The molecule has 41 heavy (non-hydrogen) atoms. The van der Waals surface area contributed by atoms with Crippen LogP contribution in [0.1, 0.15) is 62.6 Å². The van der Waals surface area contributed by atoms with Crippen molar-refractivity contribution in [2.45, 2.75) is 64.5 Å². The van der Waals surface area contributed by atoms with Crippen molar-refractivity contribution < 1.29 is 14.4 Å². The van der Waals surface area contributed by atoms with E-state index in [1.165, 1.54) is 5.56 Å². The summed E-state index contributed by atoms with van der Waals surface area (Å²) in [6.07, 6.45) is 4.74. The number of hydrogen-bond acceptors (Lipinski definition) is 4. The van der Waals surface area contributed by atoms with Crippen LogP contribution in [0.25, 0.3) is 10.9 Å². The Balaban J connectivity index is 1.08. The lowest BCUT2D eigenvalue weighted by atomic mass is 9.78. The molecule has 9 heteroatoms. The average molecular weight is 555 g/mol. The highest BCUT2D eigenvalue weighted by Crippen LogP contribution is 2.56. The molecular formula is C32H38N6O3. The number of amides is 4. The van der Waals surface area contributed by atoms with Gasteiger partial charge in [0.1, 0.15) is 5.54 Å². The number of carbonyl (C=O) groups is 3.